The summed E-state index contributed by atoms with van der Waals surface area (Å²) in [6, 6.07) is 9.59. The summed E-state index contributed by atoms with van der Waals surface area (Å²) in [7, 11) is 0. The highest BCUT2D eigenvalue weighted by molar-refractivity contribution is 6.04. The lowest BCUT2D eigenvalue weighted by molar-refractivity contribution is -0.135. The van der Waals surface area contributed by atoms with Gasteiger partial charge in [0.25, 0.3) is 0 Å². The maximum absolute atomic E-state index is 12.6. The third-order valence-corrected chi connectivity index (χ3v) is 5.43. The third kappa shape index (κ3) is 3.23. The molecule has 2 fully saturated rings. The van der Waals surface area contributed by atoms with Crippen molar-refractivity contribution in [3.8, 4) is 0 Å². The predicted octanol–water partition coefficient (Wildman–Crippen LogP) is 3.07. The Morgan fingerprint density at radius 1 is 1.12 bits per heavy atom. The van der Waals surface area contributed by atoms with Gasteiger partial charge in [-0.15, -0.1) is 0 Å². The van der Waals surface area contributed by atoms with E-state index in [4.69, 9.17) is 0 Å². The molecule has 25 heavy (non-hydrogen) atoms. The molecule has 1 aliphatic carbocycles. The number of amides is 2. The molecule has 5 nitrogen and oxygen atoms in total. The lowest BCUT2D eigenvalue weighted by Gasteiger charge is -2.30. The Labute approximate surface area is 147 Å². The monoisotopic (exact) mass is 337 g/mol. The van der Waals surface area contributed by atoms with E-state index in [0.717, 1.165) is 36.8 Å². The Morgan fingerprint density at radius 3 is 2.68 bits per heavy atom. The Kier molecular flexibility index (Phi) is 4.15. The number of hydrogen-bond acceptors (Lipinski definition) is 3. The molecule has 1 aromatic heterocycles. The van der Waals surface area contributed by atoms with E-state index in [1.807, 2.05) is 35.2 Å². The van der Waals surface area contributed by atoms with Crippen molar-refractivity contribution in [3.05, 3.63) is 36.5 Å². The number of carbonyl (C=O) groups is 2. The second kappa shape index (κ2) is 6.47. The van der Waals surface area contributed by atoms with Crippen molar-refractivity contribution >= 4 is 28.4 Å². The molecule has 1 aliphatic heterocycles. The molecule has 0 bridgehead atoms. The van der Waals surface area contributed by atoms with Crippen LogP contribution < -0.4 is 5.32 Å². The molecule has 1 aromatic carbocycles. The van der Waals surface area contributed by atoms with Crippen LogP contribution in [0.1, 0.15) is 26.2 Å². The normalized spacial score (nSPS) is 23.5. The molecule has 130 valence electrons. The summed E-state index contributed by atoms with van der Waals surface area (Å²) in [6.07, 6.45) is 4.52. The lowest BCUT2D eigenvalue weighted by atomic mass is 9.99. The summed E-state index contributed by atoms with van der Waals surface area (Å²) in [5.41, 5.74) is 1.50. The molecule has 1 saturated heterocycles. The van der Waals surface area contributed by atoms with E-state index in [0.29, 0.717) is 18.0 Å². The first-order valence-corrected chi connectivity index (χ1v) is 9.07. The van der Waals surface area contributed by atoms with Crippen molar-refractivity contribution in [3.63, 3.8) is 0 Å². The van der Waals surface area contributed by atoms with Gasteiger partial charge in [-0.1, -0.05) is 25.1 Å². The molecule has 2 heterocycles. The van der Waals surface area contributed by atoms with Gasteiger partial charge in [0.15, 0.2) is 0 Å². The zero-order valence-electron chi connectivity index (χ0n) is 14.4. The fraction of sp³-hybridized carbons (Fsp3) is 0.450. The first-order valence-electron chi connectivity index (χ1n) is 9.07. The van der Waals surface area contributed by atoms with Crippen molar-refractivity contribution in [2.45, 2.75) is 26.2 Å². The number of nitrogens with zero attached hydrogens (tertiary/aromatic N) is 2. The first kappa shape index (κ1) is 16.1. The highest BCUT2D eigenvalue weighted by Gasteiger charge is 2.49. The Bertz CT molecular complexity index is 806. The number of piperidine rings is 1. The van der Waals surface area contributed by atoms with E-state index in [1.165, 1.54) is 0 Å². The van der Waals surface area contributed by atoms with Crippen LogP contribution in [0.5, 0.6) is 0 Å². The van der Waals surface area contributed by atoms with Crippen LogP contribution in [0, 0.1) is 17.8 Å². The maximum Gasteiger partial charge on any atom is 0.228 e. The number of carbonyl (C=O) groups excluding carboxylic acids is 2. The molecule has 1 saturated carbocycles. The first-order chi connectivity index (χ1) is 12.1. The minimum atomic E-state index is -0.203. The Hall–Kier alpha value is -2.43. The topological polar surface area (TPSA) is 62.3 Å². The van der Waals surface area contributed by atoms with Gasteiger partial charge in [0.1, 0.15) is 0 Å². The molecular formula is C20H23N3O2. The van der Waals surface area contributed by atoms with E-state index < -0.39 is 0 Å². The predicted molar refractivity (Wildman–Crippen MR) is 96.9 cm³/mol. The SMILES string of the molecule is CC1CCN(C(=O)C2CC2C(=O)Nc2cccc3cccnc23)CC1. The van der Waals surface area contributed by atoms with Crippen LogP contribution in [0.15, 0.2) is 36.5 Å². The minimum Gasteiger partial charge on any atom is -0.342 e. The lowest BCUT2D eigenvalue weighted by Crippen LogP contribution is -2.39. The maximum atomic E-state index is 12.6. The second-order valence-electron chi connectivity index (χ2n) is 7.33. The molecule has 5 heteroatoms. The molecule has 0 radical (unpaired) electrons. The summed E-state index contributed by atoms with van der Waals surface area (Å²) in [5, 5.41) is 3.96. The molecule has 2 amide bonds. The smallest absolute Gasteiger partial charge is 0.228 e. The van der Waals surface area contributed by atoms with Gasteiger partial charge in [-0.25, -0.2) is 0 Å². The van der Waals surface area contributed by atoms with Crippen LogP contribution in [-0.4, -0.2) is 34.8 Å². The van der Waals surface area contributed by atoms with Crippen LogP contribution in [0.25, 0.3) is 10.9 Å². The van der Waals surface area contributed by atoms with E-state index in [2.05, 4.69) is 17.2 Å². The average Bonchev–Trinajstić information content (AvgIpc) is 3.43. The van der Waals surface area contributed by atoms with Crippen molar-refractivity contribution in [2.24, 2.45) is 17.8 Å². The standard InChI is InChI=1S/C20H23N3O2/c1-13-7-10-23(11-8-13)20(25)16-12-15(16)19(24)22-17-6-2-4-14-5-3-9-21-18(14)17/h2-6,9,13,15-16H,7-8,10-12H2,1H3,(H,22,24). The number of likely N-dealkylation sites (tertiary alicyclic amines) is 1. The van der Waals surface area contributed by atoms with Gasteiger partial charge in [-0.05, 0) is 37.3 Å². The van der Waals surface area contributed by atoms with E-state index in [9.17, 15) is 9.59 Å². The third-order valence-electron chi connectivity index (χ3n) is 5.43. The molecular weight excluding hydrogens is 314 g/mol. The summed E-state index contributed by atoms with van der Waals surface area (Å²) in [5.74, 6) is 0.438. The fourth-order valence-electron chi connectivity index (χ4n) is 3.65. The van der Waals surface area contributed by atoms with Gasteiger partial charge >= 0.3 is 0 Å². The number of para-hydroxylation sites is 1. The van der Waals surface area contributed by atoms with E-state index in [1.54, 1.807) is 6.20 Å². The molecule has 2 atom stereocenters. The summed E-state index contributed by atoms with van der Waals surface area (Å²) >= 11 is 0. The van der Waals surface area contributed by atoms with E-state index >= 15 is 0 Å². The van der Waals surface area contributed by atoms with Crippen LogP contribution in [-0.2, 0) is 9.59 Å². The quantitative estimate of drug-likeness (QED) is 0.936. The summed E-state index contributed by atoms with van der Waals surface area (Å²) < 4.78 is 0. The zero-order chi connectivity index (χ0) is 17.4. The van der Waals surface area contributed by atoms with Gasteiger partial charge in [-0.3, -0.25) is 14.6 Å². The van der Waals surface area contributed by atoms with Gasteiger partial charge in [0.2, 0.25) is 11.8 Å². The Morgan fingerprint density at radius 2 is 1.88 bits per heavy atom. The molecule has 2 aromatic rings. The molecule has 1 N–H and O–H groups in total. The number of aromatic nitrogens is 1. The number of pyridine rings is 1. The van der Waals surface area contributed by atoms with Gasteiger partial charge in [0, 0.05) is 24.7 Å². The number of rotatable bonds is 3. The minimum absolute atomic E-state index is 0.0677. The molecule has 2 aliphatic rings. The number of fused-ring (bicyclic) bond motifs is 1. The highest BCUT2D eigenvalue weighted by Crippen LogP contribution is 2.41. The van der Waals surface area contributed by atoms with Gasteiger partial charge in [-0.2, -0.15) is 0 Å². The van der Waals surface area contributed by atoms with Crippen molar-refractivity contribution < 1.29 is 9.59 Å². The average molecular weight is 337 g/mol. The fourth-order valence-corrected chi connectivity index (χ4v) is 3.65. The molecule has 2 unspecified atom stereocenters. The Balaban J connectivity index is 1.40. The molecule has 0 spiro atoms. The molecule has 4 rings (SSSR count). The van der Waals surface area contributed by atoms with Crippen LogP contribution in [0.2, 0.25) is 0 Å². The summed E-state index contributed by atoms with van der Waals surface area (Å²) in [4.78, 5) is 31.4. The van der Waals surface area contributed by atoms with Crippen LogP contribution in [0.3, 0.4) is 0 Å². The van der Waals surface area contributed by atoms with E-state index in [-0.39, 0.29) is 23.7 Å². The van der Waals surface area contributed by atoms with Crippen LogP contribution >= 0.6 is 0 Å². The van der Waals surface area contributed by atoms with Gasteiger partial charge in [0.05, 0.1) is 23.0 Å². The number of benzene rings is 1. The number of anilines is 1. The number of nitrogens with one attached hydrogen (secondary N) is 1. The number of hydrogen-bond donors (Lipinski definition) is 1. The van der Waals surface area contributed by atoms with Crippen molar-refractivity contribution in [1.82, 2.24) is 9.88 Å². The van der Waals surface area contributed by atoms with Crippen molar-refractivity contribution in [2.75, 3.05) is 18.4 Å². The van der Waals surface area contributed by atoms with Crippen molar-refractivity contribution in [1.29, 1.82) is 0 Å². The summed E-state index contributed by atoms with van der Waals surface area (Å²) in [6.45, 7) is 3.89. The second-order valence-corrected chi connectivity index (χ2v) is 7.33. The highest BCUT2D eigenvalue weighted by atomic mass is 16.2. The van der Waals surface area contributed by atoms with Crippen LogP contribution in [0.4, 0.5) is 5.69 Å². The van der Waals surface area contributed by atoms with Gasteiger partial charge < -0.3 is 10.2 Å². The largest absolute Gasteiger partial charge is 0.342 e. The zero-order valence-corrected chi connectivity index (χ0v) is 14.4.